The largest absolute Gasteiger partial charge is 0.411 e. The van der Waals surface area contributed by atoms with Crippen molar-refractivity contribution in [2.75, 3.05) is 7.05 Å². The summed E-state index contributed by atoms with van der Waals surface area (Å²) in [5.74, 6) is -2.30. The molecular formula is C8H14F2N2O2. The van der Waals surface area contributed by atoms with Gasteiger partial charge in [-0.15, -0.1) is 5.16 Å². The first kappa shape index (κ1) is 12.8. The molecular weight excluding hydrogens is 194 g/mol. The lowest BCUT2D eigenvalue weighted by Crippen LogP contribution is -2.42. The molecule has 0 saturated carbocycles. The average molecular weight is 208 g/mol. The quantitative estimate of drug-likeness (QED) is 0.413. The molecule has 4 nitrogen and oxygen atoms in total. The van der Waals surface area contributed by atoms with E-state index in [-0.39, 0.29) is 0 Å². The zero-order valence-corrected chi connectivity index (χ0v) is 8.29. The van der Waals surface area contributed by atoms with E-state index in [0.717, 1.165) is 6.21 Å². The maximum absolute atomic E-state index is 12.6. The van der Waals surface area contributed by atoms with Gasteiger partial charge < -0.3 is 10.5 Å². The molecule has 0 aromatic rings. The van der Waals surface area contributed by atoms with Crippen LogP contribution in [0.2, 0.25) is 0 Å². The third kappa shape index (κ3) is 2.93. The van der Waals surface area contributed by atoms with Gasteiger partial charge in [0.1, 0.15) is 5.92 Å². The number of alkyl halides is 2. The number of amides is 1. The topological polar surface area (TPSA) is 61.7 Å². The van der Waals surface area contributed by atoms with Gasteiger partial charge in [-0.2, -0.15) is 0 Å². The van der Waals surface area contributed by atoms with E-state index in [0.29, 0.717) is 0 Å². The van der Waals surface area contributed by atoms with Gasteiger partial charge in [0.2, 0.25) is 5.91 Å². The van der Waals surface area contributed by atoms with Gasteiger partial charge in [0, 0.05) is 12.5 Å². The third-order valence-corrected chi connectivity index (χ3v) is 1.97. The van der Waals surface area contributed by atoms with Crippen LogP contribution in [0, 0.1) is 11.3 Å². The predicted molar refractivity (Wildman–Crippen MR) is 47.6 cm³/mol. The number of oxime groups is 1. The Kier molecular flexibility index (Phi) is 4.46. The van der Waals surface area contributed by atoms with Crippen molar-refractivity contribution in [3.05, 3.63) is 0 Å². The number of halogens is 2. The summed E-state index contributed by atoms with van der Waals surface area (Å²) in [6, 6.07) is 0. The number of rotatable bonds is 4. The summed E-state index contributed by atoms with van der Waals surface area (Å²) < 4.78 is 25.1. The highest BCUT2D eigenvalue weighted by molar-refractivity contribution is 5.84. The van der Waals surface area contributed by atoms with E-state index in [1.54, 1.807) is 0 Å². The monoisotopic (exact) mass is 208 g/mol. The second-order valence-corrected chi connectivity index (χ2v) is 3.49. The molecule has 0 aromatic carbocycles. The van der Waals surface area contributed by atoms with Crippen LogP contribution in [-0.2, 0) is 4.79 Å². The second-order valence-electron chi connectivity index (χ2n) is 3.49. The molecule has 0 aliphatic rings. The van der Waals surface area contributed by atoms with Crippen molar-refractivity contribution in [3.8, 4) is 0 Å². The fourth-order valence-corrected chi connectivity index (χ4v) is 1.16. The molecule has 0 rings (SSSR count). The van der Waals surface area contributed by atoms with E-state index in [1.165, 1.54) is 20.9 Å². The Hall–Kier alpha value is -1.20. The summed E-state index contributed by atoms with van der Waals surface area (Å²) in [6.07, 6.45) is -1.87. The molecule has 1 atom stereocenters. The summed E-state index contributed by atoms with van der Waals surface area (Å²) in [5, 5.41) is 13.1. The van der Waals surface area contributed by atoms with E-state index in [9.17, 15) is 13.6 Å². The molecule has 0 bridgehead atoms. The van der Waals surface area contributed by atoms with Crippen LogP contribution < -0.4 is 5.32 Å². The van der Waals surface area contributed by atoms with Crippen molar-refractivity contribution in [2.24, 2.45) is 16.5 Å². The standard InChI is InChI=1S/C8H14F2N2O2/c1-8(2,4-12-14)5(6(9)10)7(13)11-3/h4-6,14H,1-3H3,(H,11,13). The van der Waals surface area contributed by atoms with Crippen molar-refractivity contribution in [3.63, 3.8) is 0 Å². The van der Waals surface area contributed by atoms with Crippen molar-refractivity contribution >= 4 is 12.1 Å². The highest BCUT2D eigenvalue weighted by atomic mass is 19.3. The molecule has 2 N–H and O–H groups in total. The molecule has 0 spiro atoms. The Morgan fingerprint density at radius 2 is 2.07 bits per heavy atom. The zero-order chi connectivity index (χ0) is 11.4. The summed E-state index contributed by atoms with van der Waals surface area (Å²) >= 11 is 0. The number of hydrogen-bond donors (Lipinski definition) is 2. The minimum atomic E-state index is -2.80. The van der Waals surface area contributed by atoms with E-state index in [2.05, 4.69) is 10.5 Å². The summed E-state index contributed by atoms with van der Waals surface area (Å²) in [4.78, 5) is 11.1. The molecule has 0 fully saturated rings. The zero-order valence-electron chi connectivity index (χ0n) is 8.29. The summed E-state index contributed by atoms with van der Waals surface area (Å²) in [6.45, 7) is 2.80. The number of nitrogens with zero attached hydrogens (tertiary/aromatic N) is 1. The van der Waals surface area contributed by atoms with Crippen LogP contribution in [0.3, 0.4) is 0 Å². The molecule has 1 amide bonds. The van der Waals surface area contributed by atoms with Gasteiger partial charge in [0.25, 0.3) is 6.43 Å². The Labute approximate surface area is 81.0 Å². The molecule has 0 aliphatic carbocycles. The number of carbonyl (C=O) groups is 1. The van der Waals surface area contributed by atoms with E-state index >= 15 is 0 Å². The lowest BCUT2D eigenvalue weighted by molar-refractivity contribution is -0.133. The van der Waals surface area contributed by atoms with Crippen molar-refractivity contribution in [2.45, 2.75) is 20.3 Å². The minimum Gasteiger partial charge on any atom is -0.411 e. The van der Waals surface area contributed by atoms with Gasteiger partial charge in [0.05, 0.1) is 6.21 Å². The number of nitrogens with one attached hydrogen (secondary N) is 1. The molecule has 0 aliphatic heterocycles. The molecule has 14 heavy (non-hydrogen) atoms. The van der Waals surface area contributed by atoms with Crippen LogP contribution in [0.4, 0.5) is 8.78 Å². The van der Waals surface area contributed by atoms with Gasteiger partial charge in [-0.25, -0.2) is 8.78 Å². The van der Waals surface area contributed by atoms with Crippen LogP contribution in [0.15, 0.2) is 5.16 Å². The minimum absolute atomic E-state index is 0.773. The number of carbonyl (C=O) groups excluding carboxylic acids is 1. The summed E-state index contributed by atoms with van der Waals surface area (Å²) in [5.41, 5.74) is -1.19. The maximum atomic E-state index is 12.6. The summed E-state index contributed by atoms with van der Waals surface area (Å²) in [7, 11) is 1.28. The second kappa shape index (κ2) is 4.88. The van der Waals surface area contributed by atoms with Crippen LogP contribution >= 0.6 is 0 Å². The van der Waals surface area contributed by atoms with Gasteiger partial charge in [-0.1, -0.05) is 13.8 Å². The van der Waals surface area contributed by atoms with Crippen molar-refractivity contribution in [1.82, 2.24) is 5.32 Å². The normalized spacial score (nSPS) is 14.7. The smallest absolute Gasteiger partial charge is 0.251 e. The molecule has 0 heterocycles. The van der Waals surface area contributed by atoms with E-state index in [1.807, 2.05) is 0 Å². The highest BCUT2D eigenvalue weighted by Gasteiger charge is 2.40. The molecule has 82 valence electrons. The van der Waals surface area contributed by atoms with E-state index < -0.39 is 23.7 Å². The fraction of sp³-hybridized carbons (Fsp3) is 0.750. The van der Waals surface area contributed by atoms with Crippen molar-refractivity contribution < 1.29 is 18.8 Å². The molecule has 1 unspecified atom stereocenters. The molecule has 0 saturated heterocycles. The fourth-order valence-electron chi connectivity index (χ4n) is 1.16. The average Bonchev–Trinajstić information content (AvgIpc) is 2.02. The first-order valence-corrected chi connectivity index (χ1v) is 4.05. The lowest BCUT2D eigenvalue weighted by Gasteiger charge is -2.27. The molecule has 0 aromatic heterocycles. The van der Waals surface area contributed by atoms with Crippen LogP contribution in [0.5, 0.6) is 0 Å². The first-order valence-electron chi connectivity index (χ1n) is 4.05. The van der Waals surface area contributed by atoms with Gasteiger partial charge in [-0.05, 0) is 0 Å². The Morgan fingerprint density at radius 1 is 1.57 bits per heavy atom. The van der Waals surface area contributed by atoms with Crippen LogP contribution in [-0.4, -0.2) is 30.8 Å². The first-order chi connectivity index (χ1) is 6.36. The predicted octanol–water partition coefficient (Wildman–Crippen LogP) is 1.10. The lowest BCUT2D eigenvalue weighted by atomic mass is 9.79. The van der Waals surface area contributed by atoms with Gasteiger partial charge in [0.15, 0.2) is 0 Å². The van der Waals surface area contributed by atoms with Crippen molar-refractivity contribution in [1.29, 1.82) is 0 Å². The maximum Gasteiger partial charge on any atom is 0.251 e. The van der Waals surface area contributed by atoms with E-state index in [4.69, 9.17) is 5.21 Å². The SMILES string of the molecule is CNC(=O)C(C(F)F)C(C)(C)C=NO. The van der Waals surface area contributed by atoms with Crippen LogP contribution in [0.1, 0.15) is 13.8 Å². The Bertz CT molecular complexity index is 229. The third-order valence-electron chi connectivity index (χ3n) is 1.97. The van der Waals surface area contributed by atoms with Gasteiger partial charge in [-0.3, -0.25) is 4.79 Å². The van der Waals surface area contributed by atoms with Crippen LogP contribution in [0.25, 0.3) is 0 Å². The highest BCUT2D eigenvalue weighted by Crippen LogP contribution is 2.30. The molecule has 0 radical (unpaired) electrons. The Balaban J connectivity index is 4.90. The molecule has 6 heteroatoms. The number of hydrogen-bond acceptors (Lipinski definition) is 3. The van der Waals surface area contributed by atoms with Gasteiger partial charge >= 0.3 is 0 Å². The Morgan fingerprint density at radius 3 is 2.36 bits per heavy atom.